The fourth-order valence-corrected chi connectivity index (χ4v) is 9.87. The Hall–Kier alpha value is -9.30. The van der Waals surface area contributed by atoms with Gasteiger partial charge in [-0.2, -0.15) is 30.7 Å². The SMILES string of the molecule is CCCCCC(C)(OB(c1ccc(Oc2ccc(C#N)c(OCCOC(C)=O)n2)cc1CO)C(C)(CCCCC)OB(O)c1ccc(Oc2ccc(C#N)c(OCCOC(C)=O)n2)cc1CO)B(O)c1ccc(Oc2ccc(C#N)c(OCCOC(C)=O)n2)cc1CO. The van der Waals surface area contributed by atoms with Crippen molar-refractivity contribution in [2.75, 3.05) is 39.6 Å². The van der Waals surface area contributed by atoms with Crippen LogP contribution in [0, 0.1) is 34.0 Å². The lowest BCUT2D eigenvalue weighted by molar-refractivity contribution is -0.142. The van der Waals surface area contributed by atoms with Crippen LogP contribution in [0.2, 0.25) is 0 Å². The average molecular weight is 1280 g/mol. The molecule has 6 aromatic rings. The van der Waals surface area contributed by atoms with E-state index in [9.17, 15) is 55.5 Å². The zero-order chi connectivity index (χ0) is 67.5. The molecule has 0 fully saturated rings. The normalized spacial score (nSPS) is 12.1. The smallest absolute Gasteiger partial charge is 0.473 e. The first-order chi connectivity index (χ1) is 44.7. The van der Waals surface area contributed by atoms with Gasteiger partial charge in [0.25, 0.3) is 0 Å². The second-order valence-electron chi connectivity index (χ2n) is 21.7. The molecule has 3 aromatic carbocycles. The molecule has 488 valence electrons. The fourth-order valence-electron chi connectivity index (χ4n) is 9.87. The van der Waals surface area contributed by atoms with Crippen molar-refractivity contribution in [1.29, 1.82) is 15.8 Å². The summed E-state index contributed by atoms with van der Waals surface area (Å²) in [5, 5.41) is 88.2. The number of ether oxygens (including phenoxy) is 9. The van der Waals surface area contributed by atoms with E-state index in [1.54, 1.807) is 44.2 Å². The highest BCUT2D eigenvalue weighted by atomic mass is 16.6. The van der Waals surface area contributed by atoms with Crippen LogP contribution in [0.3, 0.4) is 0 Å². The molecule has 5 N–H and O–H groups in total. The minimum Gasteiger partial charge on any atom is -0.473 e. The number of benzene rings is 3. The maximum Gasteiger partial charge on any atom is 0.491 e. The van der Waals surface area contributed by atoms with Crippen LogP contribution in [0.15, 0.2) is 91.0 Å². The number of nitriles is 3. The first kappa shape index (κ1) is 72.8. The van der Waals surface area contributed by atoms with Crippen molar-refractivity contribution in [3.63, 3.8) is 0 Å². The predicted octanol–water partition coefficient (Wildman–Crippen LogP) is 6.43. The van der Waals surface area contributed by atoms with Gasteiger partial charge in [-0.1, -0.05) is 70.6 Å². The van der Waals surface area contributed by atoms with E-state index >= 15 is 0 Å². The van der Waals surface area contributed by atoms with E-state index in [4.69, 9.17) is 51.9 Å². The van der Waals surface area contributed by atoms with Gasteiger partial charge in [-0.15, -0.1) is 0 Å². The standard InChI is InChI=1S/C65H75B3N6O19/c1-8-10-12-26-64(6,66(81)55-20-17-52(34-49(55)40-75)89-58-23-14-46(37-69)61(72-58)86-31-28-83-43(3)78)92-67(56-21-18-53(35-50(56)41-76)90-59-24-15-47(38-70)62(73-59)87-32-29-84-44(4)79)65(7,27-13-11-9-2)93-68(82)57-22-19-54(36-51(57)42-77)91-60-25-16-48(39-71)63(74-60)88-33-30-85-45(5)80/h14-25,34-36,75-77,81-82H,8-13,26-33,40-42H2,1-7H3. The average Bonchev–Trinajstić information content (AvgIpc) is 0.788. The lowest BCUT2D eigenvalue weighted by atomic mass is 9.41. The van der Waals surface area contributed by atoms with Crippen LogP contribution in [0.25, 0.3) is 0 Å². The molecular weight excluding hydrogens is 1200 g/mol. The summed E-state index contributed by atoms with van der Waals surface area (Å²) >= 11 is 0. The van der Waals surface area contributed by atoms with Crippen LogP contribution in [0.5, 0.6) is 52.5 Å². The summed E-state index contributed by atoms with van der Waals surface area (Å²) in [6.45, 7) is 6.18. The molecule has 0 bridgehead atoms. The highest BCUT2D eigenvalue weighted by Crippen LogP contribution is 2.35. The Bertz CT molecular complexity index is 3640. The number of unbranched alkanes of at least 4 members (excludes halogenated alkanes) is 4. The Balaban J connectivity index is 1.43. The molecular formula is C65H75B3N6O19. The number of carbonyl (C=O) groups excluding carboxylic acids is 3. The molecule has 2 unspecified atom stereocenters. The number of hydrogen-bond acceptors (Lipinski definition) is 25. The quantitative estimate of drug-likeness (QED) is 0.0121. The third-order valence-electron chi connectivity index (χ3n) is 14.6. The molecule has 0 aliphatic carbocycles. The van der Waals surface area contributed by atoms with E-state index in [0.29, 0.717) is 24.7 Å². The van der Waals surface area contributed by atoms with Crippen molar-refractivity contribution in [2.24, 2.45) is 0 Å². The minimum absolute atomic E-state index is 0.00971. The molecule has 0 aliphatic heterocycles. The van der Waals surface area contributed by atoms with Gasteiger partial charge in [-0.05, 0) is 114 Å². The Kier molecular flexibility index (Phi) is 28.2. The summed E-state index contributed by atoms with van der Waals surface area (Å²) in [4.78, 5) is 47.1. The minimum atomic E-state index is -1.78. The summed E-state index contributed by atoms with van der Waals surface area (Å²) < 4.78 is 64.6. The summed E-state index contributed by atoms with van der Waals surface area (Å²) in [6, 6.07) is 28.7. The molecule has 25 nitrogen and oxygen atoms in total. The molecule has 0 spiro atoms. The largest absolute Gasteiger partial charge is 0.491 e. The Morgan fingerprint density at radius 3 is 1.19 bits per heavy atom. The second kappa shape index (κ2) is 36.1. The molecule has 28 heteroatoms. The topological polar surface area (TPSA) is 364 Å². The molecule has 0 saturated heterocycles. The van der Waals surface area contributed by atoms with Crippen LogP contribution in [0.1, 0.15) is 133 Å². The Morgan fingerprint density at radius 2 is 0.828 bits per heavy atom. The Labute approximate surface area is 541 Å². The number of nitrogens with zero attached hydrogens (tertiary/aromatic N) is 6. The van der Waals surface area contributed by atoms with Crippen molar-refractivity contribution >= 4 is 55.2 Å². The lowest BCUT2D eigenvalue weighted by Gasteiger charge is -2.44. The van der Waals surface area contributed by atoms with Gasteiger partial charge in [0.2, 0.25) is 35.3 Å². The molecule has 2 atom stereocenters. The number of esters is 3. The van der Waals surface area contributed by atoms with Crippen LogP contribution >= 0.6 is 0 Å². The molecule has 3 aromatic heterocycles. The maximum atomic E-state index is 13.0. The van der Waals surface area contributed by atoms with Gasteiger partial charge in [0.1, 0.15) is 91.8 Å². The number of aliphatic hydroxyl groups excluding tert-OH is 3. The summed E-state index contributed by atoms with van der Waals surface area (Å²) in [7, 11) is -1.78. The number of carbonyl (C=O) groups is 3. The van der Waals surface area contributed by atoms with Crippen LogP contribution in [-0.4, -0.2) is 130 Å². The highest BCUT2D eigenvalue weighted by Gasteiger charge is 2.52. The number of pyridine rings is 3. The lowest BCUT2D eigenvalue weighted by Crippen LogP contribution is -2.66. The van der Waals surface area contributed by atoms with Crippen LogP contribution in [0.4, 0.5) is 0 Å². The molecule has 93 heavy (non-hydrogen) atoms. The first-order valence-corrected chi connectivity index (χ1v) is 30.2. The molecule has 0 radical (unpaired) electrons. The van der Waals surface area contributed by atoms with Crippen molar-refractivity contribution < 1.29 is 91.7 Å². The van der Waals surface area contributed by atoms with Gasteiger partial charge >= 0.3 is 38.9 Å². The van der Waals surface area contributed by atoms with Gasteiger partial charge in [-0.3, -0.25) is 14.4 Å². The summed E-state index contributed by atoms with van der Waals surface area (Å²) in [5.74, 6) is -1.14. The zero-order valence-corrected chi connectivity index (χ0v) is 53.0. The zero-order valence-electron chi connectivity index (χ0n) is 53.0. The van der Waals surface area contributed by atoms with Gasteiger partial charge < -0.3 is 77.3 Å². The van der Waals surface area contributed by atoms with E-state index in [0.717, 1.165) is 19.3 Å². The van der Waals surface area contributed by atoms with E-state index in [2.05, 4.69) is 15.0 Å². The number of hydrogen-bond donors (Lipinski definition) is 5. The van der Waals surface area contributed by atoms with E-state index < -0.39 is 69.7 Å². The van der Waals surface area contributed by atoms with E-state index in [-0.39, 0.29) is 149 Å². The monoisotopic (exact) mass is 1280 g/mol. The molecule has 3 heterocycles. The molecule has 0 saturated carbocycles. The van der Waals surface area contributed by atoms with Crippen molar-refractivity contribution in [3.8, 4) is 70.7 Å². The van der Waals surface area contributed by atoms with Crippen molar-refractivity contribution in [2.45, 2.75) is 131 Å². The van der Waals surface area contributed by atoms with Gasteiger partial charge in [0, 0.05) is 39.0 Å². The van der Waals surface area contributed by atoms with Gasteiger partial charge in [-0.25, -0.2) is 0 Å². The van der Waals surface area contributed by atoms with Crippen LogP contribution < -0.4 is 44.8 Å². The van der Waals surface area contributed by atoms with Crippen molar-refractivity contribution in [1.82, 2.24) is 15.0 Å². The third-order valence-corrected chi connectivity index (χ3v) is 14.6. The third kappa shape index (κ3) is 21.1. The van der Waals surface area contributed by atoms with Crippen molar-refractivity contribution in [3.05, 3.63) is 124 Å². The molecule has 6 rings (SSSR count). The maximum absolute atomic E-state index is 13.0. The van der Waals surface area contributed by atoms with Crippen LogP contribution in [-0.2, 0) is 57.7 Å². The number of rotatable bonds is 38. The van der Waals surface area contributed by atoms with Gasteiger partial charge in [0.05, 0.1) is 30.8 Å². The number of aliphatic hydroxyl groups is 3. The predicted molar refractivity (Wildman–Crippen MR) is 338 cm³/mol. The molecule has 0 aliphatic rings. The van der Waals surface area contributed by atoms with Gasteiger partial charge in [0.15, 0.2) is 0 Å². The molecule has 0 amide bonds. The van der Waals surface area contributed by atoms with E-state index in [1.165, 1.54) is 81.4 Å². The summed E-state index contributed by atoms with van der Waals surface area (Å²) in [6.07, 6.45) is 4.50. The first-order valence-electron chi connectivity index (χ1n) is 30.2. The second-order valence-corrected chi connectivity index (χ2v) is 21.7. The van der Waals surface area contributed by atoms with E-state index in [1.807, 2.05) is 32.1 Å². The summed E-state index contributed by atoms with van der Waals surface area (Å²) in [5.41, 5.74) is -1.38. The fraction of sp³-hybridized carbons (Fsp3) is 0.400. The highest BCUT2D eigenvalue weighted by molar-refractivity contribution is 6.75. The Morgan fingerprint density at radius 1 is 0.473 bits per heavy atom. The number of aromatic nitrogens is 3.